The SMILES string of the molecule is COc1cccc(CC2(C3CCNCC3)NC(=O)NC2=O)c1. The van der Waals surface area contributed by atoms with Crippen molar-refractivity contribution >= 4 is 11.9 Å². The number of benzene rings is 1. The summed E-state index contributed by atoms with van der Waals surface area (Å²) in [5, 5.41) is 8.62. The molecule has 2 fully saturated rings. The topological polar surface area (TPSA) is 79.5 Å². The fraction of sp³-hybridized carbons (Fsp3) is 0.500. The van der Waals surface area contributed by atoms with E-state index in [0.29, 0.717) is 6.42 Å². The highest BCUT2D eigenvalue weighted by Crippen LogP contribution is 2.32. The molecular weight excluding hydrogens is 282 g/mol. The van der Waals surface area contributed by atoms with Crippen LogP contribution in [0.3, 0.4) is 0 Å². The minimum absolute atomic E-state index is 0.131. The monoisotopic (exact) mass is 303 g/mol. The van der Waals surface area contributed by atoms with Gasteiger partial charge in [-0.3, -0.25) is 10.1 Å². The van der Waals surface area contributed by atoms with Crippen molar-refractivity contribution < 1.29 is 14.3 Å². The maximum absolute atomic E-state index is 12.5. The second-order valence-electron chi connectivity index (χ2n) is 5.93. The number of hydrogen-bond donors (Lipinski definition) is 3. The van der Waals surface area contributed by atoms with Gasteiger partial charge in [-0.2, -0.15) is 0 Å². The summed E-state index contributed by atoms with van der Waals surface area (Å²) < 4.78 is 5.25. The zero-order chi connectivity index (χ0) is 15.6. The lowest BCUT2D eigenvalue weighted by Crippen LogP contribution is -2.57. The first-order valence-electron chi connectivity index (χ1n) is 7.61. The first-order chi connectivity index (χ1) is 10.6. The molecule has 0 aliphatic carbocycles. The Balaban J connectivity index is 1.91. The predicted molar refractivity (Wildman–Crippen MR) is 81.7 cm³/mol. The van der Waals surface area contributed by atoms with Crippen molar-refractivity contribution in [3.63, 3.8) is 0 Å². The second-order valence-corrected chi connectivity index (χ2v) is 5.93. The minimum Gasteiger partial charge on any atom is -0.497 e. The molecule has 1 unspecified atom stereocenters. The van der Waals surface area contributed by atoms with E-state index in [9.17, 15) is 9.59 Å². The molecule has 0 aromatic heterocycles. The van der Waals surface area contributed by atoms with Gasteiger partial charge in [-0.05, 0) is 49.5 Å². The number of rotatable bonds is 4. The lowest BCUT2D eigenvalue weighted by atomic mass is 9.74. The Hall–Kier alpha value is -2.08. The Morgan fingerprint density at radius 2 is 2.05 bits per heavy atom. The van der Waals surface area contributed by atoms with Crippen LogP contribution in [-0.2, 0) is 11.2 Å². The molecule has 0 saturated carbocycles. The number of hydrogen-bond acceptors (Lipinski definition) is 4. The molecule has 22 heavy (non-hydrogen) atoms. The van der Waals surface area contributed by atoms with Crippen molar-refractivity contribution in [2.45, 2.75) is 24.8 Å². The van der Waals surface area contributed by atoms with Gasteiger partial charge < -0.3 is 15.4 Å². The van der Waals surface area contributed by atoms with Crippen LogP contribution >= 0.6 is 0 Å². The molecule has 2 aliphatic rings. The highest BCUT2D eigenvalue weighted by molar-refractivity contribution is 6.07. The number of urea groups is 1. The van der Waals surface area contributed by atoms with E-state index in [1.807, 2.05) is 24.3 Å². The lowest BCUT2D eigenvalue weighted by molar-refractivity contribution is -0.126. The fourth-order valence-electron chi connectivity index (χ4n) is 3.48. The summed E-state index contributed by atoms with van der Waals surface area (Å²) in [6.45, 7) is 1.74. The van der Waals surface area contributed by atoms with Gasteiger partial charge in [0.25, 0.3) is 5.91 Å². The Morgan fingerprint density at radius 1 is 1.27 bits per heavy atom. The third-order valence-corrected chi connectivity index (χ3v) is 4.62. The summed E-state index contributed by atoms with van der Waals surface area (Å²) >= 11 is 0. The average molecular weight is 303 g/mol. The van der Waals surface area contributed by atoms with Crippen LogP contribution in [0.1, 0.15) is 18.4 Å². The van der Waals surface area contributed by atoms with Crippen LogP contribution in [0.15, 0.2) is 24.3 Å². The maximum Gasteiger partial charge on any atom is 0.322 e. The van der Waals surface area contributed by atoms with E-state index in [-0.39, 0.29) is 11.8 Å². The summed E-state index contributed by atoms with van der Waals surface area (Å²) in [6, 6.07) is 7.25. The first kappa shape index (κ1) is 14.8. The lowest BCUT2D eigenvalue weighted by Gasteiger charge is -2.37. The van der Waals surface area contributed by atoms with Crippen LogP contribution in [0, 0.1) is 5.92 Å². The van der Waals surface area contributed by atoms with E-state index in [1.165, 1.54) is 0 Å². The van der Waals surface area contributed by atoms with E-state index in [4.69, 9.17) is 4.74 Å². The molecule has 3 N–H and O–H groups in total. The van der Waals surface area contributed by atoms with Gasteiger partial charge in [0.15, 0.2) is 0 Å². The summed E-state index contributed by atoms with van der Waals surface area (Å²) in [5.41, 5.74) is 0.126. The van der Waals surface area contributed by atoms with Gasteiger partial charge in [0.05, 0.1) is 7.11 Å². The van der Waals surface area contributed by atoms with Crippen molar-refractivity contribution in [2.24, 2.45) is 5.92 Å². The largest absolute Gasteiger partial charge is 0.497 e. The molecule has 6 nitrogen and oxygen atoms in total. The van der Waals surface area contributed by atoms with E-state index < -0.39 is 11.6 Å². The van der Waals surface area contributed by atoms with Crippen LogP contribution in [0.2, 0.25) is 0 Å². The Labute approximate surface area is 129 Å². The standard InChI is InChI=1S/C16H21N3O3/c1-22-13-4-2-3-11(9-13)10-16(12-5-7-17-8-6-12)14(20)18-15(21)19-16/h2-4,9,12,17H,5-8,10H2,1H3,(H2,18,19,20,21). The second kappa shape index (κ2) is 5.96. The van der Waals surface area contributed by atoms with E-state index in [0.717, 1.165) is 37.2 Å². The molecule has 1 aromatic carbocycles. The smallest absolute Gasteiger partial charge is 0.322 e. The van der Waals surface area contributed by atoms with Gasteiger partial charge in [0, 0.05) is 6.42 Å². The predicted octanol–water partition coefficient (Wildman–Crippen LogP) is 0.816. The van der Waals surface area contributed by atoms with Crippen molar-refractivity contribution in [3.8, 4) is 5.75 Å². The molecule has 0 bridgehead atoms. The van der Waals surface area contributed by atoms with E-state index in [2.05, 4.69) is 16.0 Å². The van der Waals surface area contributed by atoms with Crippen LogP contribution < -0.4 is 20.7 Å². The molecule has 0 spiro atoms. The van der Waals surface area contributed by atoms with Gasteiger partial charge in [-0.1, -0.05) is 12.1 Å². The molecular formula is C16H21N3O3. The third-order valence-electron chi connectivity index (χ3n) is 4.62. The van der Waals surface area contributed by atoms with Crippen molar-refractivity contribution in [2.75, 3.05) is 20.2 Å². The van der Waals surface area contributed by atoms with Gasteiger partial charge in [-0.25, -0.2) is 4.79 Å². The molecule has 6 heteroatoms. The third kappa shape index (κ3) is 2.66. The van der Waals surface area contributed by atoms with Crippen molar-refractivity contribution in [3.05, 3.63) is 29.8 Å². The number of ether oxygens (including phenoxy) is 1. The number of methoxy groups -OCH3 is 1. The maximum atomic E-state index is 12.5. The van der Waals surface area contributed by atoms with Crippen LogP contribution in [0.5, 0.6) is 5.75 Å². The van der Waals surface area contributed by atoms with Crippen LogP contribution in [0.4, 0.5) is 4.79 Å². The Kier molecular flexibility index (Phi) is 4.02. The van der Waals surface area contributed by atoms with Gasteiger partial charge in [0.1, 0.15) is 11.3 Å². The van der Waals surface area contributed by atoms with E-state index in [1.54, 1.807) is 7.11 Å². The minimum atomic E-state index is -0.856. The molecule has 3 amide bonds. The highest BCUT2D eigenvalue weighted by Gasteiger charge is 2.51. The number of amides is 3. The molecule has 2 saturated heterocycles. The van der Waals surface area contributed by atoms with Crippen molar-refractivity contribution in [1.82, 2.24) is 16.0 Å². The van der Waals surface area contributed by atoms with E-state index >= 15 is 0 Å². The number of imide groups is 1. The summed E-state index contributed by atoms with van der Waals surface area (Å²) in [6.07, 6.45) is 2.22. The molecule has 1 atom stereocenters. The number of carbonyl (C=O) groups excluding carboxylic acids is 2. The number of piperidine rings is 1. The normalized spacial score (nSPS) is 25.7. The molecule has 1 aromatic rings. The van der Waals surface area contributed by atoms with Gasteiger partial charge in [-0.15, -0.1) is 0 Å². The van der Waals surface area contributed by atoms with Crippen molar-refractivity contribution in [1.29, 1.82) is 0 Å². The Morgan fingerprint density at radius 3 is 2.68 bits per heavy atom. The molecule has 0 radical (unpaired) electrons. The zero-order valence-electron chi connectivity index (χ0n) is 12.6. The first-order valence-corrected chi connectivity index (χ1v) is 7.61. The highest BCUT2D eigenvalue weighted by atomic mass is 16.5. The summed E-state index contributed by atoms with van der Waals surface area (Å²) in [4.78, 5) is 24.3. The number of carbonyl (C=O) groups is 2. The van der Waals surface area contributed by atoms with Gasteiger partial charge >= 0.3 is 6.03 Å². The summed E-state index contributed by atoms with van der Waals surface area (Å²) in [5.74, 6) is 0.668. The molecule has 2 heterocycles. The molecule has 3 rings (SSSR count). The average Bonchev–Trinajstić information content (AvgIpc) is 2.83. The van der Waals surface area contributed by atoms with Crippen LogP contribution in [0.25, 0.3) is 0 Å². The van der Waals surface area contributed by atoms with Gasteiger partial charge in [0.2, 0.25) is 0 Å². The fourth-order valence-corrected chi connectivity index (χ4v) is 3.48. The summed E-state index contributed by atoms with van der Waals surface area (Å²) in [7, 11) is 1.62. The molecule has 118 valence electrons. The van der Waals surface area contributed by atoms with Crippen LogP contribution in [-0.4, -0.2) is 37.7 Å². The molecule has 2 aliphatic heterocycles. The Bertz CT molecular complexity index is 584. The number of nitrogens with one attached hydrogen (secondary N) is 3. The zero-order valence-corrected chi connectivity index (χ0v) is 12.6. The quantitative estimate of drug-likeness (QED) is 0.719.